The second kappa shape index (κ2) is 23.9. The lowest BCUT2D eigenvalue weighted by Gasteiger charge is -2.18. The maximum absolute atomic E-state index is 12.4. The average Bonchev–Trinajstić information content (AvgIpc) is 3.02. The van der Waals surface area contributed by atoms with E-state index in [2.05, 4.69) is 31.9 Å². The molecule has 0 aliphatic carbocycles. The number of unbranched alkanes of at least 4 members (excludes halogenated alkanes) is 1. The van der Waals surface area contributed by atoms with Crippen molar-refractivity contribution in [2.24, 2.45) is 0 Å². The number of likely N-dealkylation sites (N-methyl/N-ethyl adjacent to an activating group) is 1. The second-order valence-electron chi connectivity index (χ2n) is 11.1. The first-order chi connectivity index (χ1) is 23.4. The predicted molar refractivity (Wildman–Crippen MR) is 168 cm³/mol. The number of rotatable bonds is 27. The van der Waals surface area contributed by atoms with E-state index in [1.807, 2.05) is 0 Å². The van der Waals surface area contributed by atoms with Crippen LogP contribution in [-0.2, 0) is 47.9 Å². The van der Waals surface area contributed by atoms with Crippen molar-refractivity contribution in [1.82, 2.24) is 31.9 Å². The lowest BCUT2D eigenvalue weighted by Crippen LogP contribution is -2.45. The van der Waals surface area contributed by atoms with E-state index >= 15 is 0 Å². The number of amides is 5. The van der Waals surface area contributed by atoms with Gasteiger partial charge in [0.2, 0.25) is 29.5 Å². The summed E-state index contributed by atoms with van der Waals surface area (Å²) in [5, 5.41) is 60.1. The first kappa shape index (κ1) is 44.7. The highest BCUT2D eigenvalue weighted by Crippen LogP contribution is 2.06. The molecule has 5 atom stereocenters. The number of nitrogens with one attached hydrogen (secondary N) is 6. The molecule has 0 radical (unpaired) electrons. The lowest BCUT2D eigenvalue weighted by molar-refractivity contribution is -0.144. The SMILES string of the molecule is CN[C@@H](CCCCNC(=O)CC[C@H](NC(=O)CC[C@H](NC(=O)CC[C@H](NC(=O)CC[C@H](NC(C)=O)C(=O)O)C(=O)O)C(=O)O)C(=O)O)C(=O)O. The minimum atomic E-state index is -1.62. The van der Waals surface area contributed by atoms with Crippen LogP contribution in [0.3, 0.4) is 0 Å². The molecule has 282 valence electrons. The Bertz CT molecular complexity index is 1240. The summed E-state index contributed by atoms with van der Waals surface area (Å²) < 4.78 is 0. The van der Waals surface area contributed by atoms with Gasteiger partial charge >= 0.3 is 29.8 Å². The van der Waals surface area contributed by atoms with Crippen molar-refractivity contribution in [3.63, 3.8) is 0 Å². The van der Waals surface area contributed by atoms with E-state index in [-0.39, 0.29) is 25.8 Å². The molecule has 11 N–H and O–H groups in total. The van der Waals surface area contributed by atoms with E-state index in [0.717, 1.165) is 6.92 Å². The molecule has 0 rings (SSSR count). The molecule has 0 saturated heterocycles. The van der Waals surface area contributed by atoms with Gasteiger partial charge in [0.25, 0.3) is 0 Å². The fraction of sp³-hybridized carbons (Fsp3) is 0.655. The van der Waals surface area contributed by atoms with Crippen molar-refractivity contribution in [3.8, 4) is 0 Å². The average molecular weight is 719 g/mol. The van der Waals surface area contributed by atoms with Gasteiger partial charge in [0, 0.05) is 39.2 Å². The molecule has 21 nitrogen and oxygen atoms in total. The number of carbonyl (C=O) groups is 10. The summed E-state index contributed by atoms with van der Waals surface area (Å²) in [7, 11) is 1.51. The molecule has 0 aliphatic heterocycles. The van der Waals surface area contributed by atoms with Gasteiger partial charge in [-0.3, -0.25) is 28.8 Å². The van der Waals surface area contributed by atoms with E-state index in [1.54, 1.807) is 0 Å². The topological polar surface area (TPSA) is 344 Å². The highest BCUT2D eigenvalue weighted by molar-refractivity contribution is 5.88. The molecule has 21 heteroatoms. The zero-order valence-corrected chi connectivity index (χ0v) is 27.7. The zero-order chi connectivity index (χ0) is 38.4. The summed E-state index contributed by atoms with van der Waals surface area (Å²) in [5.74, 6) is -10.8. The van der Waals surface area contributed by atoms with E-state index in [1.165, 1.54) is 7.05 Å². The van der Waals surface area contributed by atoms with E-state index in [9.17, 15) is 63.3 Å². The van der Waals surface area contributed by atoms with Crippen molar-refractivity contribution in [2.75, 3.05) is 13.6 Å². The molecule has 50 heavy (non-hydrogen) atoms. The van der Waals surface area contributed by atoms with Crippen LogP contribution in [0.15, 0.2) is 0 Å². The van der Waals surface area contributed by atoms with Gasteiger partial charge in [-0.05, 0) is 52.0 Å². The van der Waals surface area contributed by atoms with E-state index < -0.39 is 122 Å². The molecular weight excluding hydrogens is 672 g/mol. The van der Waals surface area contributed by atoms with Gasteiger partial charge in [0.05, 0.1) is 0 Å². The first-order valence-electron chi connectivity index (χ1n) is 15.6. The lowest BCUT2D eigenvalue weighted by atomic mass is 10.1. The molecule has 0 aliphatic rings. The molecule has 0 aromatic heterocycles. The van der Waals surface area contributed by atoms with Crippen molar-refractivity contribution in [1.29, 1.82) is 0 Å². The zero-order valence-electron chi connectivity index (χ0n) is 27.7. The molecule has 0 aromatic rings. The molecule has 5 amide bonds. The predicted octanol–water partition coefficient (Wildman–Crippen LogP) is -2.64. The monoisotopic (exact) mass is 718 g/mol. The van der Waals surface area contributed by atoms with Crippen molar-refractivity contribution >= 4 is 59.4 Å². The van der Waals surface area contributed by atoms with Gasteiger partial charge in [0.15, 0.2) is 0 Å². The molecule has 0 aromatic carbocycles. The first-order valence-corrected chi connectivity index (χ1v) is 15.6. The van der Waals surface area contributed by atoms with E-state index in [0.29, 0.717) is 19.3 Å². The van der Waals surface area contributed by atoms with Crippen LogP contribution in [0.2, 0.25) is 0 Å². The van der Waals surface area contributed by atoms with Crippen LogP contribution in [0, 0.1) is 0 Å². The van der Waals surface area contributed by atoms with Crippen LogP contribution in [0.5, 0.6) is 0 Å². The number of carboxylic acid groups (broad SMARTS) is 5. The molecule has 0 fully saturated rings. The molecule has 0 heterocycles. The van der Waals surface area contributed by atoms with Crippen LogP contribution < -0.4 is 31.9 Å². The standard InChI is InChI=1S/C29H46N6O15/c1-15(36)32-17(26(43)44)7-11-22(38)34-19(28(47)48)9-13-24(40)35-20(29(49)50)8-12-23(39)33-18(27(45)46)6-10-21(37)31-14-4-3-5-16(30-2)25(41)42/h16-20,30H,3-14H2,1-2H3,(H,31,37)(H,32,36)(H,33,39)(H,34,38)(H,35,40)(H,41,42)(H,43,44)(H,45,46)(H,47,48)(H,49,50)/t16-,17-,18-,19-,20-/m0/s1. The van der Waals surface area contributed by atoms with Gasteiger partial charge in [0.1, 0.15) is 30.2 Å². The normalized spacial score (nSPS) is 13.6. The Morgan fingerprint density at radius 1 is 0.440 bits per heavy atom. The Hall–Kier alpha value is -5.34. The van der Waals surface area contributed by atoms with Gasteiger partial charge in [-0.15, -0.1) is 0 Å². The molecule has 0 saturated carbocycles. The Morgan fingerprint density at radius 3 is 1.06 bits per heavy atom. The third-order valence-corrected chi connectivity index (χ3v) is 7.10. The van der Waals surface area contributed by atoms with Gasteiger partial charge in [-0.2, -0.15) is 0 Å². The summed E-state index contributed by atoms with van der Waals surface area (Å²) >= 11 is 0. The van der Waals surface area contributed by atoms with Crippen LogP contribution in [0.25, 0.3) is 0 Å². The largest absolute Gasteiger partial charge is 0.480 e. The minimum absolute atomic E-state index is 0.225. The minimum Gasteiger partial charge on any atom is -0.480 e. The highest BCUT2D eigenvalue weighted by Gasteiger charge is 2.27. The van der Waals surface area contributed by atoms with Crippen LogP contribution in [0.4, 0.5) is 0 Å². The van der Waals surface area contributed by atoms with Gasteiger partial charge in [-0.25, -0.2) is 19.2 Å². The third-order valence-electron chi connectivity index (χ3n) is 7.10. The van der Waals surface area contributed by atoms with Gasteiger partial charge in [-0.1, -0.05) is 0 Å². The Labute approximate surface area is 286 Å². The smallest absolute Gasteiger partial charge is 0.326 e. The Kier molecular flexibility index (Phi) is 21.3. The summed E-state index contributed by atoms with van der Waals surface area (Å²) in [6.45, 7) is 1.30. The molecule has 0 bridgehead atoms. The van der Waals surface area contributed by atoms with Crippen molar-refractivity contribution in [3.05, 3.63) is 0 Å². The number of aliphatic carboxylic acids is 5. The van der Waals surface area contributed by atoms with E-state index in [4.69, 9.17) is 10.2 Å². The molecular formula is C29H46N6O15. The maximum atomic E-state index is 12.4. The number of hydrogen-bond acceptors (Lipinski definition) is 11. The number of carboxylic acids is 5. The highest BCUT2D eigenvalue weighted by atomic mass is 16.4. The van der Waals surface area contributed by atoms with Gasteiger partial charge < -0.3 is 57.4 Å². The maximum Gasteiger partial charge on any atom is 0.326 e. The summed E-state index contributed by atoms with van der Waals surface area (Å²) in [6, 6.07) is -6.82. The summed E-state index contributed by atoms with van der Waals surface area (Å²) in [5.41, 5.74) is 0. The Morgan fingerprint density at radius 2 is 0.760 bits per heavy atom. The summed E-state index contributed by atoms with van der Waals surface area (Å²) in [4.78, 5) is 117. The fourth-order valence-electron chi connectivity index (χ4n) is 4.36. The second-order valence-corrected chi connectivity index (χ2v) is 11.1. The summed E-state index contributed by atoms with van der Waals surface area (Å²) in [6.07, 6.45) is -2.12. The number of carbonyl (C=O) groups excluding carboxylic acids is 5. The van der Waals surface area contributed by atoms with Crippen LogP contribution >= 0.6 is 0 Å². The molecule has 0 spiro atoms. The quantitative estimate of drug-likeness (QED) is 0.0387. The number of hydrogen-bond donors (Lipinski definition) is 11. The van der Waals surface area contributed by atoms with Crippen LogP contribution in [0.1, 0.15) is 77.6 Å². The Balaban J connectivity index is 4.79. The van der Waals surface area contributed by atoms with Crippen molar-refractivity contribution in [2.45, 2.75) is 108 Å². The third kappa shape index (κ3) is 20.1. The molecule has 0 unspecified atom stereocenters. The van der Waals surface area contributed by atoms with Crippen LogP contribution in [-0.4, -0.2) is 129 Å². The van der Waals surface area contributed by atoms with Crippen molar-refractivity contribution < 1.29 is 73.5 Å². The fourth-order valence-corrected chi connectivity index (χ4v) is 4.36.